The predicted octanol–water partition coefficient (Wildman–Crippen LogP) is 3.35. The Morgan fingerprint density at radius 3 is 2.68 bits per heavy atom. The van der Waals surface area contributed by atoms with Crippen LogP contribution < -0.4 is 10.6 Å². The van der Waals surface area contributed by atoms with E-state index in [1.165, 1.54) is 6.07 Å². The quantitative estimate of drug-likeness (QED) is 0.452. The second-order valence-corrected chi connectivity index (χ2v) is 7.16. The molecule has 6 nitrogen and oxygen atoms in total. The van der Waals surface area contributed by atoms with E-state index < -0.39 is 48.6 Å². The number of alkyl halides is 3. The number of aromatic amines is 1. The Morgan fingerprint density at radius 1 is 1.23 bits per heavy atom. The maximum atomic E-state index is 13.8. The lowest BCUT2D eigenvalue weighted by Gasteiger charge is -2.21. The minimum absolute atomic E-state index is 0.0570. The first-order valence-electron chi connectivity index (χ1n) is 9.49. The van der Waals surface area contributed by atoms with E-state index in [-0.39, 0.29) is 23.0 Å². The van der Waals surface area contributed by atoms with Crippen molar-refractivity contribution in [3.05, 3.63) is 47.2 Å². The third kappa shape index (κ3) is 6.27. The second-order valence-electron chi connectivity index (χ2n) is 7.16. The van der Waals surface area contributed by atoms with Crippen LogP contribution in [0.5, 0.6) is 0 Å². The zero-order valence-electron chi connectivity index (χ0n) is 16.2. The lowest BCUT2D eigenvalue weighted by molar-refractivity contribution is -0.142. The third-order valence-corrected chi connectivity index (χ3v) is 4.73. The molecule has 1 unspecified atom stereocenters. The predicted molar refractivity (Wildman–Crippen MR) is 101 cm³/mol. The lowest BCUT2D eigenvalue weighted by atomic mass is 10.1. The SMILES string of the molecule is O=C(CC1=CCOCC1)NC(CNC(=O)c1cc2c(F)c(F)ccc2[nH]1)CC(F)(F)F. The first-order valence-corrected chi connectivity index (χ1v) is 9.49. The Hall–Kier alpha value is -2.95. The van der Waals surface area contributed by atoms with Crippen molar-refractivity contribution in [2.24, 2.45) is 0 Å². The van der Waals surface area contributed by atoms with Gasteiger partial charge in [0.2, 0.25) is 5.91 Å². The maximum absolute atomic E-state index is 13.8. The van der Waals surface area contributed by atoms with Gasteiger partial charge in [0.25, 0.3) is 5.91 Å². The van der Waals surface area contributed by atoms with Gasteiger partial charge in [-0.25, -0.2) is 8.78 Å². The number of fused-ring (bicyclic) bond motifs is 1. The van der Waals surface area contributed by atoms with E-state index in [1.54, 1.807) is 6.08 Å². The first-order chi connectivity index (χ1) is 14.6. The average Bonchev–Trinajstić information content (AvgIpc) is 3.13. The van der Waals surface area contributed by atoms with Crippen LogP contribution in [0.3, 0.4) is 0 Å². The van der Waals surface area contributed by atoms with Crippen molar-refractivity contribution in [3.8, 4) is 0 Å². The van der Waals surface area contributed by atoms with E-state index in [9.17, 15) is 31.5 Å². The van der Waals surface area contributed by atoms with Gasteiger partial charge in [-0.15, -0.1) is 0 Å². The molecule has 0 saturated heterocycles. The monoisotopic (exact) mass is 445 g/mol. The number of amides is 2. The van der Waals surface area contributed by atoms with Gasteiger partial charge in [0.15, 0.2) is 11.6 Å². The van der Waals surface area contributed by atoms with Gasteiger partial charge in [0.05, 0.1) is 25.7 Å². The number of halogens is 5. The van der Waals surface area contributed by atoms with Gasteiger partial charge in [0, 0.05) is 23.9 Å². The summed E-state index contributed by atoms with van der Waals surface area (Å²) in [5.74, 6) is -3.65. The van der Waals surface area contributed by atoms with E-state index in [0.717, 1.165) is 17.7 Å². The zero-order chi connectivity index (χ0) is 22.6. The van der Waals surface area contributed by atoms with Crippen molar-refractivity contribution in [2.45, 2.75) is 31.5 Å². The molecule has 1 aliphatic heterocycles. The largest absolute Gasteiger partial charge is 0.391 e. The van der Waals surface area contributed by atoms with Crippen LogP contribution in [-0.2, 0) is 9.53 Å². The number of carbonyl (C=O) groups is 2. The standard InChI is InChI=1S/C20H20F5N3O3/c21-14-1-2-15-13(18(14)22)8-16(28-15)19(30)26-10-12(9-20(23,24)25)27-17(29)7-11-3-5-31-6-4-11/h1-3,8,12,28H,4-7,9-10H2,(H,26,30)(H,27,29). The van der Waals surface area contributed by atoms with Gasteiger partial charge < -0.3 is 20.4 Å². The summed E-state index contributed by atoms with van der Waals surface area (Å²) in [7, 11) is 0. The number of nitrogens with one attached hydrogen (secondary N) is 3. The minimum atomic E-state index is -4.57. The van der Waals surface area contributed by atoms with Crippen molar-refractivity contribution in [1.29, 1.82) is 0 Å². The van der Waals surface area contributed by atoms with Gasteiger partial charge in [-0.3, -0.25) is 9.59 Å². The zero-order valence-corrected chi connectivity index (χ0v) is 16.2. The van der Waals surface area contributed by atoms with Crippen LogP contribution in [0.2, 0.25) is 0 Å². The molecule has 2 heterocycles. The summed E-state index contributed by atoms with van der Waals surface area (Å²) in [6.07, 6.45) is -3.73. The van der Waals surface area contributed by atoms with Gasteiger partial charge in [0.1, 0.15) is 5.69 Å². The summed E-state index contributed by atoms with van der Waals surface area (Å²) >= 11 is 0. The molecule has 0 bridgehead atoms. The highest BCUT2D eigenvalue weighted by Crippen LogP contribution is 2.23. The molecule has 0 spiro atoms. The Morgan fingerprint density at radius 2 is 2.00 bits per heavy atom. The number of hydrogen-bond donors (Lipinski definition) is 3. The molecule has 11 heteroatoms. The summed E-state index contributed by atoms with van der Waals surface area (Å²) < 4.78 is 71.0. The fourth-order valence-corrected chi connectivity index (χ4v) is 3.24. The molecule has 1 aromatic carbocycles. The number of ether oxygens (including phenoxy) is 1. The third-order valence-electron chi connectivity index (χ3n) is 4.73. The highest BCUT2D eigenvalue weighted by Gasteiger charge is 2.33. The minimum Gasteiger partial charge on any atom is -0.377 e. The molecule has 0 radical (unpaired) electrons. The summed E-state index contributed by atoms with van der Waals surface area (Å²) in [4.78, 5) is 27.0. The molecule has 1 atom stereocenters. The Balaban J connectivity index is 1.64. The number of H-pyrrole nitrogens is 1. The fraction of sp³-hybridized carbons (Fsp3) is 0.400. The Labute approximate surface area is 173 Å². The highest BCUT2D eigenvalue weighted by atomic mass is 19.4. The van der Waals surface area contributed by atoms with E-state index in [0.29, 0.717) is 19.6 Å². The molecule has 168 valence electrons. The fourth-order valence-electron chi connectivity index (χ4n) is 3.24. The van der Waals surface area contributed by atoms with E-state index in [1.807, 2.05) is 0 Å². The summed E-state index contributed by atoms with van der Waals surface area (Å²) in [5, 5.41) is 4.43. The van der Waals surface area contributed by atoms with Crippen molar-refractivity contribution in [2.75, 3.05) is 19.8 Å². The molecule has 2 aromatic rings. The first kappa shape index (κ1) is 22.7. The van der Waals surface area contributed by atoms with Crippen molar-refractivity contribution < 1.29 is 36.3 Å². The number of rotatable bonds is 7. The van der Waals surface area contributed by atoms with Gasteiger partial charge in [-0.05, 0) is 24.6 Å². The van der Waals surface area contributed by atoms with Crippen LogP contribution in [0, 0.1) is 11.6 Å². The molecular formula is C20H20F5N3O3. The number of benzene rings is 1. The molecule has 3 rings (SSSR count). The van der Waals surface area contributed by atoms with Crippen LogP contribution in [-0.4, -0.2) is 48.8 Å². The molecule has 0 aliphatic carbocycles. The normalized spacial score (nSPS) is 15.5. The Kier molecular flexibility index (Phi) is 6.94. The molecule has 0 fully saturated rings. The molecule has 2 amide bonds. The Bertz CT molecular complexity index is 1000. The number of hydrogen-bond acceptors (Lipinski definition) is 3. The topological polar surface area (TPSA) is 83.2 Å². The van der Waals surface area contributed by atoms with Crippen molar-refractivity contribution in [3.63, 3.8) is 0 Å². The molecule has 3 N–H and O–H groups in total. The summed E-state index contributed by atoms with van der Waals surface area (Å²) in [5.41, 5.74) is 0.781. The number of aromatic nitrogens is 1. The van der Waals surface area contributed by atoms with Gasteiger partial charge in [-0.1, -0.05) is 11.6 Å². The number of carbonyl (C=O) groups excluding carboxylic acids is 2. The van der Waals surface area contributed by atoms with E-state index in [4.69, 9.17) is 4.74 Å². The maximum Gasteiger partial charge on any atom is 0.391 e. The van der Waals surface area contributed by atoms with E-state index >= 15 is 0 Å². The average molecular weight is 445 g/mol. The van der Waals surface area contributed by atoms with Crippen LogP contribution in [0.15, 0.2) is 29.8 Å². The molecular weight excluding hydrogens is 425 g/mol. The summed E-state index contributed by atoms with van der Waals surface area (Å²) in [6, 6.07) is 1.80. The lowest BCUT2D eigenvalue weighted by Crippen LogP contribution is -2.46. The molecule has 0 saturated carbocycles. The van der Waals surface area contributed by atoms with Gasteiger partial charge >= 0.3 is 6.18 Å². The van der Waals surface area contributed by atoms with Crippen molar-refractivity contribution in [1.82, 2.24) is 15.6 Å². The van der Waals surface area contributed by atoms with Crippen LogP contribution >= 0.6 is 0 Å². The second kappa shape index (κ2) is 9.46. The summed E-state index contributed by atoms with van der Waals surface area (Å²) in [6.45, 7) is 0.286. The van der Waals surface area contributed by atoms with Crippen molar-refractivity contribution >= 4 is 22.7 Å². The molecule has 31 heavy (non-hydrogen) atoms. The molecule has 1 aliphatic rings. The van der Waals surface area contributed by atoms with Gasteiger partial charge in [-0.2, -0.15) is 13.2 Å². The van der Waals surface area contributed by atoms with Crippen LogP contribution in [0.1, 0.15) is 29.8 Å². The van der Waals surface area contributed by atoms with Crippen LogP contribution in [0.25, 0.3) is 10.9 Å². The highest BCUT2D eigenvalue weighted by molar-refractivity contribution is 5.98. The van der Waals surface area contributed by atoms with E-state index in [2.05, 4.69) is 15.6 Å². The van der Waals surface area contributed by atoms with Crippen LogP contribution in [0.4, 0.5) is 22.0 Å². The molecule has 1 aromatic heterocycles. The smallest absolute Gasteiger partial charge is 0.377 e.